The molecule has 1 heterocycles. The Labute approximate surface area is 104 Å². The van der Waals surface area contributed by atoms with Crippen molar-refractivity contribution in [1.29, 1.82) is 0 Å². The van der Waals surface area contributed by atoms with Crippen LogP contribution in [0.3, 0.4) is 0 Å². The number of rotatable bonds is 1. The van der Waals surface area contributed by atoms with E-state index in [9.17, 15) is 0 Å². The molecule has 1 aromatic heterocycles. The largest absolute Gasteiger partial charge is 0.243 e. The first kappa shape index (κ1) is 9.83. The summed E-state index contributed by atoms with van der Waals surface area (Å²) in [5.74, 6) is 0.488. The molecular formula is C15H12N2O. The van der Waals surface area contributed by atoms with E-state index in [2.05, 4.69) is 46.7 Å². The second kappa shape index (κ2) is 3.67. The molecule has 3 aromatic rings. The van der Waals surface area contributed by atoms with E-state index in [1.165, 1.54) is 23.1 Å². The zero-order valence-corrected chi connectivity index (χ0v) is 9.84. The van der Waals surface area contributed by atoms with Gasteiger partial charge >= 0.3 is 0 Å². The van der Waals surface area contributed by atoms with Crippen LogP contribution in [0.5, 0.6) is 0 Å². The summed E-state index contributed by atoms with van der Waals surface area (Å²) in [5, 5.41) is 7.77. The van der Waals surface area contributed by atoms with Crippen molar-refractivity contribution in [3.8, 4) is 0 Å². The van der Waals surface area contributed by atoms with E-state index in [0.29, 0.717) is 5.92 Å². The van der Waals surface area contributed by atoms with Crippen molar-refractivity contribution in [2.24, 2.45) is 0 Å². The molecule has 0 fully saturated rings. The van der Waals surface area contributed by atoms with Gasteiger partial charge in [-0.25, -0.2) is 4.63 Å². The van der Waals surface area contributed by atoms with E-state index < -0.39 is 0 Å². The average Bonchev–Trinajstić information content (AvgIpc) is 3.04. The van der Waals surface area contributed by atoms with E-state index in [1.807, 2.05) is 6.07 Å². The molecule has 1 aliphatic carbocycles. The van der Waals surface area contributed by atoms with Crippen molar-refractivity contribution in [3.63, 3.8) is 0 Å². The summed E-state index contributed by atoms with van der Waals surface area (Å²) in [6.45, 7) is 0. The van der Waals surface area contributed by atoms with Crippen LogP contribution < -0.4 is 0 Å². The normalized spacial score (nSPS) is 18.1. The van der Waals surface area contributed by atoms with Crippen molar-refractivity contribution in [2.75, 3.05) is 0 Å². The summed E-state index contributed by atoms with van der Waals surface area (Å²) in [4.78, 5) is 0. The molecular weight excluding hydrogens is 224 g/mol. The molecule has 1 aliphatic rings. The second-order valence-electron chi connectivity index (χ2n) is 4.80. The molecule has 2 aromatic carbocycles. The minimum Gasteiger partial charge on any atom is -0.243 e. The fraction of sp³-hybridized carbons (Fsp3) is 0.200. The fourth-order valence-electron chi connectivity index (χ4n) is 2.92. The molecule has 0 N–H and O–H groups in total. The van der Waals surface area contributed by atoms with Crippen LogP contribution >= 0.6 is 0 Å². The topological polar surface area (TPSA) is 38.9 Å². The molecule has 0 spiro atoms. The number of nitrogens with zero attached hydrogens (tertiary/aromatic N) is 2. The Bertz CT molecular complexity index is 717. The van der Waals surface area contributed by atoms with Crippen LogP contribution in [0.2, 0.25) is 0 Å². The van der Waals surface area contributed by atoms with Crippen LogP contribution in [-0.2, 0) is 6.42 Å². The highest BCUT2D eigenvalue weighted by molar-refractivity contribution is 5.74. The summed E-state index contributed by atoms with van der Waals surface area (Å²) in [7, 11) is 0. The zero-order chi connectivity index (χ0) is 11.9. The maximum Gasteiger partial charge on any atom is 0.135 e. The number of benzene rings is 2. The third-order valence-corrected chi connectivity index (χ3v) is 3.81. The standard InChI is InChI=1S/C15H12N2O/c1-2-4-12-10(3-1)5-7-13(12)11-6-8-14-15(9-11)17-18-16-14/h1-4,6,8-9,13H,5,7H2. The van der Waals surface area contributed by atoms with Crippen LogP contribution in [0.1, 0.15) is 29.0 Å². The van der Waals surface area contributed by atoms with E-state index in [4.69, 9.17) is 4.63 Å². The van der Waals surface area contributed by atoms with Crippen molar-refractivity contribution in [1.82, 2.24) is 10.3 Å². The summed E-state index contributed by atoms with van der Waals surface area (Å²) < 4.78 is 4.75. The van der Waals surface area contributed by atoms with Gasteiger partial charge in [0.2, 0.25) is 0 Å². The first-order chi connectivity index (χ1) is 8.92. The molecule has 0 aliphatic heterocycles. The predicted octanol–water partition coefficient (Wildman–Crippen LogP) is 3.30. The Morgan fingerprint density at radius 1 is 1.00 bits per heavy atom. The van der Waals surface area contributed by atoms with Crippen LogP contribution in [0.25, 0.3) is 11.0 Å². The van der Waals surface area contributed by atoms with E-state index in [-0.39, 0.29) is 0 Å². The maximum absolute atomic E-state index is 4.75. The molecule has 3 heteroatoms. The number of aromatic nitrogens is 2. The summed E-state index contributed by atoms with van der Waals surface area (Å²) in [6, 6.07) is 14.9. The molecule has 88 valence electrons. The van der Waals surface area contributed by atoms with Gasteiger partial charge in [-0.15, -0.1) is 0 Å². The Kier molecular flexibility index (Phi) is 2.00. The van der Waals surface area contributed by atoms with Gasteiger partial charge in [-0.3, -0.25) is 0 Å². The van der Waals surface area contributed by atoms with Gasteiger partial charge in [-0.1, -0.05) is 30.3 Å². The van der Waals surface area contributed by atoms with Gasteiger partial charge in [-0.2, -0.15) is 0 Å². The second-order valence-corrected chi connectivity index (χ2v) is 4.80. The lowest BCUT2D eigenvalue weighted by atomic mass is 9.93. The number of fused-ring (bicyclic) bond motifs is 2. The lowest BCUT2D eigenvalue weighted by molar-refractivity contribution is 0.315. The highest BCUT2D eigenvalue weighted by Gasteiger charge is 2.23. The molecule has 3 nitrogen and oxygen atoms in total. The van der Waals surface area contributed by atoms with Crippen molar-refractivity contribution < 1.29 is 4.63 Å². The van der Waals surface area contributed by atoms with Gasteiger partial charge < -0.3 is 0 Å². The first-order valence-electron chi connectivity index (χ1n) is 6.22. The van der Waals surface area contributed by atoms with E-state index in [0.717, 1.165) is 17.5 Å². The Morgan fingerprint density at radius 2 is 1.89 bits per heavy atom. The fourth-order valence-corrected chi connectivity index (χ4v) is 2.92. The summed E-state index contributed by atoms with van der Waals surface area (Å²) >= 11 is 0. The van der Waals surface area contributed by atoms with Crippen molar-refractivity contribution in [3.05, 3.63) is 59.2 Å². The van der Waals surface area contributed by atoms with Crippen LogP contribution in [0.4, 0.5) is 0 Å². The highest BCUT2D eigenvalue weighted by Crippen LogP contribution is 2.38. The molecule has 1 unspecified atom stereocenters. The summed E-state index contributed by atoms with van der Waals surface area (Å²) in [6.07, 6.45) is 2.34. The minimum absolute atomic E-state index is 0.488. The first-order valence-corrected chi connectivity index (χ1v) is 6.22. The number of hydrogen-bond acceptors (Lipinski definition) is 3. The van der Waals surface area contributed by atoms with Crippen LogP contribution in [-0.4, -0.2) is 10.3 Å². The molecule has 0 saturated heterocycles. The highest BCUT2D eigenvalue weighted by atomic mass is 16.6. The smallest absolute Gasteiger partial charge is 0.135 e. The van der Waals surface area contributed by atoms with Crippen LogP contribution in [0, 0.1) is 0 Å². The lowest BCUT2D eigenvalue weighted by Crippen LogP contribution is -1.95. The Balaban J connectivity index is 1.84. The average molecular weight is 236 g/mol. The van der Waals surface area contributed by atoms with Gasteiger partial charge in [-0.05, 0) is 52.0 Å². The molecule has 0 saturated carbocycles. The van der Waals surface area contributed by atoms with Gasteiger partial charge in [0.15, 0.2) is 0 Å². The Morgan fingerprint density at radius 3 is 2.89 bits per heavy atom. The molecule has 0 amide bonds. The monoisotopic (exact) mass is 236 g/mol. The molecule has 18 heavy (non-hydrogen) atoms. The van der Waals surface area contributed by atoms with E-state index in [1.54, 1.807) is 0 Å². The van der Waals surface area contributed by atoms with Gasteiger partial charge in [0.1, 0.15) is 11.0 Å². The Hall–Kier alpha value is -2.16. The van der Waals surface area contributed by atoms with Crippen molar-refractivity contribution >= 4 is 11.0 Å². The predicted molar refractivity (Wildman–Crippen MR) is 68.4 cm³/mol. The van der Waals surface area contributed by atoms with Crippen LogP contribution in [0.15, 0.2) is 47.1 Å². The number of aryl methyl sites for hydroxylation is 1. The molecule has 4 rings (SSSR count). The summed E-state index contributed by atoms with van der Waals surface area (Å²) in [5.41, 5.74) is 5.90. The molecule has 0 radical (unpaired) electrons. The third-order valence-electron chi connectivity index (χ3n) is 3.81. The minimum atomic E-state index is 0.488. The van der Waals surface area contributed by atoms with Gasteiger partial charge in [0, 0.05) is 5.92 Å². The molecule has 1 atom stereocenters. The van der Waals surface area contributed by atoms with Crippen molar-refractivity contribution in [2.45, 2.75) is 18.8 Å². The zero-order valence-electron chi connectivity index (χ0n) is 9.84. The molecule has 0 bridgehead atoms. The number of hydrogen-bond donors (Lipinski definition) is 0. The van der Waals surface area contributed by atoms with Gasteiger partial charge in [0.25, 0.3) is 0 Å². The third kappa shape index (κ3) is 1.37. The van der Waals surface area contributed by atoms with Gasteiger partial charge in [0.05, 0.1) is 0 Å². The quantitative estimate of drug-likeness (QED) is 0.650. The lowest BCUT2D eigenvalue weighted by Gasteiger charge is -2.11. The maximum atomic E-state index is 4.75. The SMILES string of the molecule is c1ccc2c(c1)CCC2c1ccc2nonc2c1. The van der Waals surface area contributed by atoms with E-state index >= 15 is 0 Å².